The van der Waals surface area contributed by atoms with E-state index in [1.54, 1.807) is 18.2 Å². The summed E-state index contributed by atoms with van der Waals surface area (Å²) >= 11 is 0. The normalized spacial score (nSPS) is 25.3. The summed E-state index contributed by atoms with van der Waals surface area (Å²) in [5.41, 5.74) is 1.30. The zero-order chi connectivity index (χ0) is 18.0. The van der Waals surface area contributed by atoms with Crippen LogP contribution in [0, 0.1) is 5.82 Å². The Morgan fingerprint density at radius 1 is 1.12 bits per heavy atom. The van der Waals surface area contributed by atoms with Crippen molar-refractivity contribution in [1.82, 2.24) is 10.6 Å². The van der Waals surface area contributed by atoms with E-state index in [1.165, 1.54) is 6.07 Å². The van der Waals surface area contributed by atoms with Crippen LogP contribution in [0.25, 0.3) is 0 Å². The molecule has 2 fully saturated rings. The molecule has 2 atom stereocenters. The third-order valence-electron chi connectivity index (χ3n) is 5.45. The van der Waals surface area contributed by atoms with Gasteiger partial charge < -0.3 is 10.1 Å². The van der Waals surface area contributed by atoms with Crippen LogP contribution in [0.3, 0.4) is 0 Å². The van der Waals surface area contributed by atoms with Crippen molar-refractivity contribution in [2.75, 3.05) is 6.54 Å². The number of carbonyl (C=O) groups is 1. The van der Waals surface area contributed by atoms with Crippen molar-refractivity contribution in [2.24, 2.45) is 0 Å². The molecule has 2 aromatic rings. The number of amides is 1. The first-order valence-electron chi connectivity index (χ1n) is 9.18. The quantitative estimate of drug-likeness (QED) is 0.884. The summed E-state index contributed by atoms with van der Waals surface area (Å²) < 4.78 is 19.4. The van der Waals surface area contributed by atoms with Crippen LogP contribution in [-0.2, 0) is 11.4 Å². The first-order valence-corrected chi connectivity index (χ1v) is 9.18. The van der Waals surface area contributed by atoms with Crippen LogP contribution in [0.5, 0.6) is 5.75 Å². The van der Waals surface area contributed by atoms with Crippen LogP contribution < -0.4 is 15.4 Å². The minimum absolute atomic E-state index is 0.132. The van der Waals surface area contributed by atoms with Gasteiger partial charge in [-0.1, -0.05) is 30.3 Å². The third-order valence-corrected chi connectivity index (χ3v) is 5.45. The molecule has 0 radical (unpaired) electrons. The fraction of sp³-hybridized carbons (Fsp3) is 0.381. The zero-order valence-electron chi connectivity index (χ0n) is 14.6. The largest absolute Gasteiger partial charge is 0.489 e. The van der Waals surface area contributed by atoms with E-state index in [0.717, 1.165) is 37.8 Å². The molecule has 2 aliphatic rings. The van der Waals surface area contributed by atoms with Crippen molar-refractivity contribution in [1.29, 1.82) is 0 Å². The predicted octanol–water partition coefficient (Wildman–Crippen LogP) is 3.48. The Balaban J connectivity index is 1.41. The van der Waals surface area contributed by atoms with Gasteiger partial charge >= 0.3 is 0 Å². The van der Waals surface area contributed by atoms with Crippen molar-refractivity contribution in [3.05, 3.63) is 65.5 Å². The van der Waals surface area contributed by atoms with E-state index in [-0.39, 0.29) is 24.4 Å². The van der Waals surface area contributed by atoms with Crippen LogP contribution in [0.2, 0.25) is 0 Å². The molecule has 0 aliphatic carbocycles. The average molecular weight is 354 g/mol. The molecule has 4 nitrogen and oxygen atoms in total. The fourth-order valence-corrected chi connectivity index (χ4v) is 3.96. The highest BCUT2D eigenvalue weighted by molar-refractivity contribution is 5.88. The predicted molar refractivity (Wildman–Crippen MR) is 97.3 cm³/mol. The van der Waals surface area contributed by atoms with E-state index in [4.69, 9.17) is 4.74 Å². The Hall–Kier alpha value is -2.40. The first kappa shape index (κ1) is 17.0. The number of hydrogen-bond acceptors (Lipinski definition) is 3. The van der Waals surface area contributed by atoms with Gasteiger partial charge in [0.25, 0.3) is 0 Å². The average Bonchev–Trinajstić information content (AvgIpc) is 3.01. The lowest BCUT2D eigenvalue weighted by molar-refractivity contribution is -0.126. The van der Waals surface area contributed by atoms with Crippen molar-refractivity contribution in [3.8, 4) is 5.75 Å². The zero-order valence-corrected chi connectivity index (χ0v) is 14.6. The van der Waals surface area contributed by atoms with Gasteiger partial charge in [0.2, 0.25) is 5.91 Å². The smallest absolute Gasteiger partial charge is 0.240 e. The van der Waals surface area contributed by atoms with Gasteiger partial charge in [0.15, 0.2) is 0 Å². The molecule has 2 N–H and O–H groups in total. The molecule has 2 heterocycles. The number of nitrogens with one attached hydrogen (secondary N) is 2. The van der Waals surface area contributed by atoms with E-state index in [9.17, 15) is 9.18 Å². The SMILES string of the molecule is O=C1NCCC12CCCC(c1ccc(OCc3ccccc3F)cc1)N2. The number of hydrogen-bond donors (Lipinski definition) is 2. The molecule has 2 saturated heterocycles. The molecule has 26 heavy (non-hydrogen) atoms. The van der Waals surface area contributed by atoms with Crippen molar-refractivity contribution < 1.29 is 13.9 Å². The monoisotopic (exact) mass is 354 g/mol. The lowest BCUT2D eigenvalue weighted by Gasteiger charge is -2.37. The van der Waals surface area contributed by atoms with Gasteiger partial charge in [0.05, 0.1) is 5.54 Å². The molecular weight excluding hydrogens is 331 g/mol. The van der Waals surface area contributed by atoms with Crippen molar-refractivity contribution in [2.45, 2.75) is 43.9 Å². The molecule has 1 amide bonds. The maximum atomic E-state index is 13.7. The van der Waals surface area contributed by atoms with E-state index in [2.05, 4.69) is 10.6 Å². The summed E-state index contributed by atoms with van der Waals surface area (Å²) in [5.74, 6) is 0.587. The topological polar surface area (TPSA) is 50.4 Å². The van der Waals surface area contributed by atoms with Crippen LogP contribution in [0.4, 0.5) is 4.39 Å². The van der Waals surface area contributed by atoms with Gasteiger partial charge in [-0.2, -0.15) is 0 Å². The van der Waals surface area contributed by atoms with Gasteiger partial charge in [-0.05, 0) is 49.4 Å². The number of carbonyl (C=O) groups excluding carboxylic acids is 1. The molecule has 1 spiro atoms. The summed E-state index contributed by atoms with van der Waals surface area (Å²) in [6, 6.07) is 14.7. The van der Waals surface area contributed by atoms with E-state index >= 15 is 0 Å². The molecule has 136 valence electrons. The summed E-state index contributed by atoms with van der Waals surface area (Å²) in [6.45, 7) is 0.957. The maximum absolute atomic E-state index is 13.7. The van der Waals surface area contributed by atoms with Crippen molar-refractivity contribution >= 4 is 5.91 Å². The fourth-order valence-electron chi connectivity index (χ4n) is 3.96. The second-order valence-corrected chi connectivity index (χ2v) is 7.13. The third kappa shape index (κ3) is 3.31. The second-order valence-electron chi connectivity index (χ2n) is 7.13. The molecule has 2 aliphatic heterocycles. The van der Waals surface area contributed by atoms with Crippen LogP contribution in [0.1, 0.15) is 42.9 Å². The van der Waals surface area contributed by atoms with Gasteiger partial charge in [-0.25, -0.2) is 4.39 Å². The summed E-state index contributed by atoms with van der Waals surface area (Å²) in [6.07, 6.45) is 3.81. The Labute approximate surface area is 152 Å². The lowest BCUT2D eigenvalue weighted by atomic mass is 9.82. The molecule has 5 heteroatoms. The van der Waals surface area contributed by atoms with Crippen LogP contribution in [-0.4, -0.2) is 18.0 Å². The Morgan fingerprint density at radius 2 is 1.92 bits per heavy atom. The number of halogens is 1. The second kappa shape index (κ2) is 7.08. The first-order chi connectivity index (χ1) is 12.7. The summed E-state index contributed by atoms with van der Waals surface area (Å²) in [7, 11) is 0. The molecule has 4 rings (SSSR count). The van der Waals surface area contributed by atoms with Gasteiger partial charge in [0, 0.05) is 18.2 Å². The van der Waals surface area contributed by atoms with Gasteiger partial charge in [0.1, 0.15) is 18.2 Å². The highest BCUT2D eigenvalue weighted by Crippen LogP contribution is 2.35. The lowest BCUT2D eigenvalue weighted by Crippen LogP contribution is -2.54. The van der Waals surface area contributed by atoms with E-state index < -0.39 is 5.54 Å². The maximum Gasteiger partial charge on any atom is 0.240 e. The van der Waals surface area contributed by atoms with E-state index in [1.807, 2.05) is 24.3 Å². The molecule has 2 aromatic carbocycles. The molecular formula is C21H23FN2O2. The molecule has 2 unspecified atom stereocenters. The summed E-state index contributed by atoms with van der Waals surface area (Å²) in [5, 5.41) is 6.52. The van der Waals surface area contributed by atoms with Crippen LogP contribution in [0.15, 0.2) is 48.5 Å². The number of benzene rings is 2. The minimum Gasteiger partial charge on any atom is -0.489 e. The Kier molecular flexibility index (Phi) is 4.64. The van der Waals surface area contributed by atoms with Gasteiger partial charge in [-0.3, -0.25) is 10.1 Å². The Bertz CT molecular complexity index is 793. The number of ether oxygens (including phenoxy) is 1. The molecule has 0 saturated carbocycles. The highest BCUT2D eigenvalue weighted by atomic mass is 19.1. The summed E-state index contributed by atoms with van der Waals surface area (Å²) in [4.78, 5) is 12.2. The highest BCUT2D eigenvalue weighted by Gasteiger charge is 2.45. The number of piperidine rings is 1. The standard InChI is InChI=1S/C21H23FN2O2/c22-18-5-2-1-4-16(18)14-26-17-9-7-15(8-10-17)19-6-3-11-21(24-19)12-13-23-20(21)25/h1-2,4-5,7-10,19,24H,3,6,11-14H2,(H,23,25). The van der Waals surface area contributed by atoms with Crippen LogP contribution >= 0.6 is 0 Å². The molecule has 0 bridgehead atoms. The molecule has 0 aromatic heterocycles. The van der Waals surface area contributed by atoms with E-state index in [0.29, 0.717) is 11.3 Å². The minimum atomic E-state index is -0.400. The van der Waals surface area contributed by atoms with Crippen molar-refractivity contribution in [3.63, 3.8) is 0 Å². The van der Waals surface area contributed by atoms with Gasteiger partial charge in [-0.15, -0.1) is 0 Å². The Morgan fingerprint density at radius 3 is 2.65 bits per heavy atom. The number of rotatable bonds is 4.